The van der Waals surface area contributed by atoms with Gasteiger partial charge >= 0.3 is 0 Å². The number of sulfonamides is 1. The predicted molar refractivity (Wildman–Crippen MR) is 78.8 cm³/mol. The lowest BCUT2D eigenvalue weighted by molar-refractivity contribution is 0.420. The number of nitrogens with one attached hydrogen (secondary N) is 1. The average molecular weight is 311 g/mol. The molecule has 108 valence electrons. The number of nitriles is 1. The molecule has 20 heavy (non-hydrogen) atoms. The average Bonchev–Trinajstić information content (AvgIpc) is 2.47. The van der Waals surface area contributed by atoms with E-state index in [0.717, 1.165) is 25.7 Å². The predicted octanol–water partition coefficient (Wildman–Crippen LogP) is 1.91. The van der Waals surface area contributed by atoms with Crippen LogP contribution in [0.4, 0.5) is 0 Å². The Morgan fingerprint density at radius 3 is 3.00 bits per heavy atom. The van der Waals surface area contributed by atoms with Crippen molar-refractivity contribution in [1.29, 1.82) is 5.26 Å². The van der Waals surface area contributed by atoms with Crippen molar-refractivity contribution in [1.82, 2.24) is 9.71 Å². The molecule has 5 nitrogen and oxygen atoms in total. The van der Waals surface area contributed by atoms with E-state index in [9.17, 15) is 8.42 Å². The first kappa shape index (κ1) is 15.3. The van der Waals surface area contributed by atoms with Gasteiger partial charge in [0.1, 0.15) is 11.0 Å². The van der Waals surface area contributed by atoms with Crippen molar-refractivity contribution in [3.05, 3.63) is 24.0 Å². The van der Waals surface area contributed by atoms with Gasteiger partial charge in [0.2, 0.25) is 10.0 Å². The fourth-order valence-corrected chi connectivity index (χ4v) is 4.66. The number of hydrogen-bond donors (Lipinski definition) is 1. The molecule has 1 aliphatic carbocycles. The number of hydrogen-bond acceptors (Lipinski definition) is 5. The summed E-state index contributed by atoms with van der Waals surface area (Å²) in [6, 6.07) is 4.72. The summed E-state index contributed by atoms with van der Waals surface area (Å²) in [7, 11) is -3.68. The summed E-state index contributed by atoms with van der Waals surface area (Å²) < 4.78 is 27.5. The minimum absolute atomic E-state index is 0.0335. The zero-order valence-corrected chi connectivity index (χ0v) is 12.9. The fourth-order valence-electron chi connectivity index (χ4n) is 2.44. The third kappa shape index (κ3) is 3.51. The summed E-state index contributed by atoms with van der Waals surface area (Å²) in [6.45, 7) is 0. The van der Waals surface area contributed by atoms with Crippen molar-refractivity contribution in [3.63, 3.8) is 0 Å². The maximum absolute atomic E-state index is 12.4. The van der Waals surface area contributed by atoms with E-state index in [1.54, 1.807) is 11.8 Å². The summed E-state index contributed by atoms with van der Waals surface area (Å²) in [5.41, 5.74) is -0.0581. The summed E-state index contributed by atoms with van der Waals surface area (Å²) in [5, 5.41) is 9.46. The van der Waals surface area contributed by atoms with Crippen molar-refractivity contribution in [2.75, 3.05) is 6.26 Å². The molecule has 0 aliphatic heterocycles. The largest absolute Gasteiger partial charge is 0.244 e. The van der Waals surface area contributed by atoms with Crippen molar-refractivity contribution >= 4 is 21.8 Å². The van der Waals surface area contributed by atoms with Gasteiger partial charge in [-0.1, -0.05) is 6.42 Å². The molecule has 1 saturated carbocycles. The molecule has 1 N–H and O–H groups in total. The van der Waals surface area contributed by atoms with E-state index in [2.05, 4.69) is 16.0 Å². The first-order valence-corrected chi connectivity index (χ1v) is 9.24. The second kappa shape index (κ2) is 6.57. The fraction of sp³-hybridized carbons (Fsp3) is 0.538. The van der Waals surface area contributed by atoms with Crippen LogP contribution in [-0.4, -0.2) is 30.9 Å². The Labute approximate surface area is 123 Å². The molecular weight excluding hydrogens is 294 g/mol. The molecule has 0 amide bonds. The number of pyridine rings is 1. The molecule has 1 aromatic rings. The van der Waals surface area contributed by atoms with Gasteiger partial charge in [-0.3, -0.25) is 0 Å². The molecule has 0 spiro atoms. The minimum Gasteiger partial charge on any atom is -0.244 e. The van der Waals surface area contributed by atoms with Crippen LogP contribution in [-0.2, 0) is 10.0 Å². The van der Waals surface area contributed by atoms with Crippen LogP contribution >= 0.6 is 11.8 Å². The van der Waals surface area contributed by atoms with Crippen LogP contribution in [0, 0.1) is 11.3 Å². The van der Waals surface area contributed by atoms with Crippen LogP contribution in [0.5, 0.6) is 0 Å². The Kier molecular flexibility index (Phi) is 5.02. The van der Waals surface area contributed by atoms with Gasteiger partial charge < -0.3 is 0 Å². The highest BCUT2D eigenvalue weighted by Gasteiger charge is 2.27. The lowest BCUT2D eigenvalue weighted by Crippen LogP contribution is -2.39. The van der Waals surface area contributed by atoms with E-state index in [4.69, 9.17) is 5.26 Å². The topological polar surface area (TPSA) is 82.8 Å². The van der Waals surface area contributed by atoms with E-state index < -0.39 is 10.0 Å². The molecule has 0 radical (unpaired) electrons. The van der Waals surface area contributed by atoms with Crippen LogP contribution in [0.1, 0.15) is 31.4 Å². The van der Waals surface area contributed by atoms with E-state index in [1.165, 1.54) is 18.3 Å². The van der Waals surface area contributed by atoms with Crippen molar-refractivity contribution in [2.45, 2.75) is 41.9 Å². The normalized spacial score (nSPS) is 23.2. The van der Waals surface area contributed by atoms with Gasteiger partial charge in [0, 0.05) is 17.5 Å². The zero-order chi connectivity index (χ0) is 14.6. The van der Waals surface area contributed by atoms with E-state index in [1.807, 2.05) is 6.07 Å². The first-order chi connectivity index (χ1) is 9.56. The number of nitrogens with zero attached hydrogens (tertiary/aromatic N) is 2. The van der Waals surface area contributed by atoms with Crippen LogP contribution < -0.4 is 4.72 Å². The molecule has 0 bridgehead atoms. The Morgan fingerprint density at radius 2 is 2.30 bits per heavy atom. The van der Waals surface area contributed by atoms with Crippen molar-refractivity contribution in [2.24, 2.45) is 0 Å². The summed E-state index contributed by atoms with van der Waals surface area (Å²) in [4.78, 5) is 3.77. The molecular formula is C13H17N3O2S2. The van der Waals surface area contributed by atoms with E-state index in [0.29, 0.717) is 5.25 Å². The standard InChI is InChI=1S/C13H17N3O2S2/c1-19-11-5-2-4-10(8-11)16-20(17,18)13-6-3-7-15-12(13)9-14/h3,6-7,10-11,16H,2,4-5,8H2,1H3. The molecule has 0 aromatic carbocycles. The van der Waals surface area contributed by atoms with Gasteiger partial charge in [0.05, 0.1) is 0 Å². The molecule has 1 fully saturated rings. The molecule has 2 rings (SSSR count). The van der Waals surface area contributed by atoms with Crippen molar-refractivity contribution < 1.29 is 8.42 Å². The maximum atomic E-state index is 12.4. The summed E-state index contributed by atoms with van der Waals surface area (Å²) >= 11 is 1.78. The highest BCUT2D eigenvalue weighted by atomic mass is 32.2. The smallest absolute Gasteiger partial charge is 0.243 e. The second-order valence-corrected chi connectivity index (χ2v) is 7.62. The molecule has 0 saturated heterocycles. The van der Waals surface area contributed by atoms with Crippen LogP contribution in [0.15, 0.2) is 23.2 Å². The van der Waals surface area contributed by atoms with E-state index in [-0.39, 0.29) is 16.6 Å². The Morgan fingerprint density at radius 1 is 1.50 bits per heavy atom. The number of thioether (sulfide) groups is 1. The summed E-state index contributed by atoms with van der Waals surface area (Å²) in [6.07, 6.45) is 7.31. The highest BCUT2D eigenvalue weighted by Crippen LogP contribution is 2.28. The van der Waals surface area contributed by atoms with Gasteiger partial charge in [0.25, 0.3) is 0 Å². The van der Waals surface area contributed by atoms with Crippen LogP contribution in [0.2, 0.25) is 0 Å². The van der Waals surface area contributed by atoms with E-state index >= 15 is 0 Å². The molecule has 1 heterocycles. The number of aromatic nitrogens is 1. The third-order valence-corrected chi connectivity index (χ3v) is 6.09. The Bertz CT molecular complexity index is 610. The lowest BCUT2D eigenvalue weighted by atomic mass is 9.96. The molecule has 7 heteroatoms. The van der Waals surface area contributed by atoms with Crippen LogP contribution in [0.3, 0.4) is 0 Å². The minimum atomic E-state index is -3.68. The summed E-state index contributed by atoms with van der Waals surface area (Å²) in [5.74, 6) is 0. The molecule has 1 aliphatic rings. The van der Waals surface area contributed by atoms with Crippen molar-refractivity contribution in [3.8, 4) is 6.07 Å². The van der Waals surface area contributed by atoms with Crippen LogP contribution in [0.25, 0.3) is 0 Å². The highest BCUT2D eigenvalue weighted by molar-refractivity contribution is 7.99. The lowest BCUT2D eigenvalue weighted by Gasteiger charge is -2.28. The van der Waals surface area contributed by atoms with Gasteiger partial charge in [-0.15, -0.1) is 0 Å². The molecule has 1 aromatic heterocycles. The van der Waals surface area contributed by atoms with Gasteiger partial charge in [0.15, 0.2) is 5.69 Å². The number of rotatable bonds is 4. The first-order valence-electron chi connectivity index (χ1n) is 6.47. The Balaban J connectivity index is 2.17. The maximum Gasteiger partial charge on any atom is 0.243 e. The quantitative estimate of drug-likeness (QED) is 0.918. The SMILES string of the molecule is CSC1CCCC(NS(=O)(=O)c2cccnc2C#N)C1. The molecule has 2 atom stereocenters. The monoisotopic (exact) mass is 311 g/mol. The third-order valence-electron chi connectivity index (χ3n) is 3.45. The molecule has 2 unspecified atom stereocenters. The Hall–Kier alpha value is -1.10. The van der Waals surface area contributed by atoms with Gasteiger partial charge in [-0.25, -0.2) is 18.1 Å². The zero-order valence-electron chi connectivity index (χ0n) is 11.2. The second-order valence-electron chi connectivity index (χ2n) is 4.80. The van der Waals surface area contributed by atoms with Gasteiger partial charge in [-0.05, 0) is 37.7 Å². The van der Waals surface area contributed by atoms with Gasteiger partial charge in [-0.2, -0.15) is 17.0 Å².